The van der Waals surface area contributed by atoms with E-state index < -0.39 is 0 Å². The molecule has 9 heteroatoms. The number of halogens is 3. The normalized spacial score (nSPS) is 10.9. The number of hydrogen-bond donors (Lipinski definition) is 2. The fourth-order valence-electron chi connectivity index (χ4n) is 2.75. The average molecular weight is 430 g/mol. The van der Waals surface area contributed by atoms with Crippen LogP contribution in [0.15, 0.2) is 60.8 Å². The minimum Gasteiger partial charge on any atom is -0.304 e. The Morgan fingerprint density at radius 2 is 1.90 bits per heavy atom. The molecule has 0 unspecified atom stereocenters. The van der Waals surface area contributed by atoms with Gasteiger partial charge in [0.2, 0.25) is 0 Å². The molecule has 1 amide bonds. The van der Waals surface area contributed by atoms with Crippen molar-refractivity contribution in [1.82, 2.24) is 20.0 Å². The van der Waals surface area contributed by atoms with Crippen LogP contribution >= 0.6 is 23.2 Å². The van der Waals surface area contributed by atoms with Crippen molar-refractivity contribution in [3.05, 3.63) is 87.9 Å². The van der Waals surface area contributed by atoms with E-state index in [-0.39, 0.29) is 17.4 Å². The summed E-state index contributed by atoms with van der Waals surface area (Å²) in [5.41, 5.74) is 2.35. The molecule has 0 saturated heterocycles. The summed E-state index contributed by atoms with van der Waals surface area (Å²) in [4.78, 5) is 12.5. The van der Waals surface area contributed by atoms with Gasteiger partial charge in [0.25, 0.3) is 5.91 Å². The number of aromatic nitrogens is 4. The summed E-state index contributed by atoms with van der Waals surface area (Å²) < 4.78 is 14.6. The van der Waals surface area contributed by atoms with Crippen LogP contribution in [0, 0.1) is 5.82 Å². The first kappa shape index (κ1) is 19.2. The maximum absolute atomic E-state index is 13.0. The molecule has 4 rings (SSSR count). The molecule has 4 aromatic rings. The van der Waals surface area contributed by atoms with Gasteiger partial charge in [-0.1, -0.05) is 35.3 Å². The first-order chi connectivity index (χ1) is 14.0. The lowest BCUT2D eigenvalue weighted by Gasteiger charge is -2.02. The fourth-order valence-corrected chi connectivity index (χ4v) is 3.26. The third kappa shape index (κ3) is 4.47. The maximum atomic E-state index is 13.0. The zero-order valence-electron chi connectivity index (χ0n) is 14.9. The SMILES string of the molecule is O=C(Nc1ccn(Cc2ccc(F)cc2)n1)c1cc(-c2ccc(Cl)cc2Cl)n[nH]1. The number of nitrogens with zero attached hydrogens (tertiary/aromatic N) is 3. The average Bonchev–Trinajstić information content (AvgIpc) is 3.33. The molecule has 29 heavy (non-hydrogen) atoms. The smallest absolute Gasteiger partial charge is 0.274 e. The first-order valence-corrected chi connectivity index (χ1v) is 9.33. The third-order valence-electron chi connectivity index (χ3n) is 4.17. The lowest BCUT2D eigenvalue weighted by Crippen LogP contribution is -2.13. The second kappa shape index (κ2) is 8.06. The third-order valence-corrected chi connectivity index (χ3v) is 4.72. The van der Waals surface area contributed by atoms with Crippen LogP contribution in [0.25, 0.3) is 11.3 Å². The number of H-pyrrole nitrogens is 1. The van der Waals surface area contributed by atoms with Crippen LogP contribution in [0.2, 0.25) is 10.0 Å². The Morgan fingerprint density at radius 3 is 2.66 bits per heavy atom. The molecule has 2 heterocycles. The Labute approximate surface area is 175 Å². The van der Waals surface area contributed by atoms with E-state index in [1.54, 1.807) is 53.3 Å². The van der Waals surface area contributed by atoms with Gasteiger partial charge in [0.05, 0.1) is 17.3 Å². The van der Waals surface area contributed by atoms with Gasteiger partial charge >= 0.3 is 0 Å². The van der Waals surface area contributed by atoms with Gasteiger partial charge in [0.1, 0.15) is 11.5 Å². The van der Waals surface area contributed by atoms with Gasteiger partial charge in [0.15, 0.2) is 5.82 Å². The monoisotopic (exact) mass is 429 g/mol. The minimum absolute atomic E-state index is 0.263. The maximum Gasteiger partial charge on any atom is 0.274 e. The summed E-state index contributed by atoms with van der Waals surface area (Å²) in [6.45, 7) is 0.458. The number of carbonyl (C=O) groups is 1. The molecule has 0 aliphatic heterocycles. The standard InChI is InChI=1S/C20H14Cl2FN5O/c21-13-3-6-15(16(22)9-13)17-10-18(26-25-17)20(29)24-19-7-8-28(27-19)11-12-1-4-14(23)5-2-12/h1-10H,11H2,(H,25,26)(H,24,27,29). The molecule has 6 nitrogen and oxygen atoms in total. The van der Waals surface area contributed by atoms with Crippen molar-refractivity contribution in [3.8, 4) is 11.3 Å². The number of carbonyl (C=O) groups excluding carboxylic acids is 1. The number of anilines is 1. The first-order valence-electron chi connectivity index (χ1n) is 8.58. The molecule has 146 valence electrons. The van der Waals surface area contributed by atoms with Crippen LogP contribution < -0.4 is 5.32 Å². The molecule has 0 spiro atoms. The Kier molecular flexibility index (Phi) is 5.33. The van der Waals surface area contributed by atoms with Crippen LogP contribution in [0.3, 0.4) is 0 Å². The van der Waals surface area contributed by atoms with Crippen LogP contribution in [-0.2, 0) is 6.54 Å². The molecule has 0 fully saturated rings. The molecule has 0 saturated carbocycles. The van der Waals surface area contributed by atoms with E-state index in [1.165, 1.54) is 12.1 Å². The van der Waals surface area contributed by atoms with E-state index in [9.17, 15) is 9.18 Å². The van der Waals surface area contributed by atoms with E-state index in [2.05, 4.69) is 20.6 Å². The molecule has 2 aromatic carbocycles. The summed E-state index contributed by atoms with van der Waals surface area (Å²) in [7, 11) is 0. The zero-order chi connectivity index (χ0) is 20.4. The predicted octanol–water partition coefficient (Wildman–Crippen LogP) is 5.02. The van der Waals surface area contributed by atoms with E-state index in [4.69, 9.17) is 23.2 Å². The molecule has 2 aromatic heterocycles. The van der Waals surface area contributed by atoms with Crippen LogP contribution in [0.5, 0.6) is 0 Å². The second-order valence-electron chi connectivity index (χ2n) is 6.27. The molecular formula is C20H14Cl2FN5O. The van der Waals surface area contributed by atoms with Crippen molar-refractivity contribution >= 4 is 34.9 Å². The van der Waals surface area contributed by atoms with Crippen molar-refractivity contribution in [2.75, 3.05) is 5.32 Å². The largest absolute Gasteiger partial charge is 0.304 e. The topological polar surface area (TPSA) is 75.6 Å². The zero-order valence-corrected chi connectivity index (χ0v) is 16.4. The van der Waals surface area contributed by atoms with Gasteiger partial charge in [0, 0.05) is 22.8 Å². The summed E-state index contributed by atoms with van der Waals surface area (Å²) in [6.07, 6.45) is 1.73. The summed E-state index contributed by atoms with van der Waals surface area (Å²) >= 11 is 12.1. The van der Waals surface area contributed by atoms with Crippen molar-refractivity contribution in [2.24, 2.45) is 0 Å². The fraction of sp³-hybridized carbons (Fsp3) is 0.0500. The van der Waals surface area contributed by atoms with Gasteiger partial charge in [-0.2, -0.15) is 10.2 Å². The minimum atomic E-state index is -0.388. The summed E-state index contributed by atoms with van der Waals surface area (Å²) in [5, 5.41) is 14.8. The number of benzene rings is 2. The van der Waals surface area contributed by atoms with Gasteiger partial charge < -0.3 is 5.32 Å². The molecule has 0 atom stereocenters. The van der Waals surface area contributed by atoms with Crippen LogP contribution in [-0.4, -0.2) is 25.9 Å². The van der Waals surface area contributed by atoms with Gasteiger partial charge in [-0.15, -0.1) is 0 Å². The molecule has 0 bridgehead atoms. The quantitative estimate of drug-likeness (QED) is 0.467. The number of aromatic amines is 1. The lowest BCUT2D eigenvalue weighted by molar-refractivity contribution is 0.102. The number of nitrogens with one attached hydrogen (secondary N) is 2. The van der Waals surface area contributed by atoms with Crippen molar-refractivity contribution in [2.45, 2.75) is 6.54 Å². The highest BCUT2D eigenvalue weighted by Crippen LogP contribution is 2.29. The highest BCUT2D eigenvalue weighted by Gasteiger charge is 2.14. The predicted molar refractivity (Wildman–Crippen MR) is 110 cm³/mol. The van der Waals surface area contributed by atoms with Gasteiger partial charge in [-0.3, -0.25) is 14.6 Å². The van der Waals surface area contributed by atoms with Crippen LogP contribution in [0.4, 0.5) is 10.2 Å². The Balaban J connectivity index is 1.44. The number of hydrogen-bond acceptors (Lipinski definition) is 3. The van der Waals surface area contributed by atoms with Crippen LogP contribution in [0.1, 0.15) is 16.1 Å². The molecule has 0 aliphatic rings. The molecule has 0 aliphatic carbocycles. The lowest BCUT2D eigenvalue weighted by atomic mass is 10.1. The van der Waals surface area contributed by atoms with E-state index >= 15 is 0 Å². The molecular weight excluding hydrogens is 416 g/mol. The Morgan fingerprint density at radius 1 is 1.10 bits per heavy atom. The number of amides is 1. The van der Waals surface area contributed by atoms with E-state index in [0.717, 1.165) is 5.56 Å². The highest BCUT2D eigenvalue weighted by molar-refractivity contribution is 6.36. The van der Waals surface area contributed by atoms with Gasteiger partial charge in [-0.05, 0) is 42.0 Å². The summed E-state index contributed by atoms with van der Waals surface area (Å²) in [5.74, 6) is -0.292. The molecule has 0 radical (unpaired) electrons. The van der Waals surface area contributed by atoms with E-state index in [1.807, 2.05) is 0 Å². The second-order valence-corrected chi connectivity index (χ2v) is 7.11. The van der Waals surface area contributed by atoms with Gasteiger partial charge in [-0.25, -0.2) is 4.39 Å². The Bertz CT molecular complexity index is 1170. The van der Waals surface area contributed by atoms with Crippen molar-refractivity contribution in [3.63, 3.8) is 0 Å². The van der Waals surface area contributed by atoms with Crippen molar-refractivity contribution in [1.29, 1.82) is 0 Å². The highest BCUT2D eigenvalue weighted by atomic mass is 35.5. The number of rotatable bonds is 5. The Hall–Kier alpha value is -3.16. The van der Waals surface area contributed by atoms with E-state index in [0.29, 0.717) is 33.7 Å². The summed E-state index contributed by atoms with van der Waals surface area (Å²) in [6, 6.07) is 14.5. The molecule has 2 N–H and O–H groups in total. The van der Waals surface area contributed by atoms with Crippen molar-refractivity contribution < 1.29 is 9.18 Å².